The molecule has 2 atom stereocenters. The largest absolute Gasteiger partial charge is 0.477 e. The Labute approximate surface area is 192 Å². The minimum Gasteiger partial charge on any atom is -0.477 e. The molecule has 2 amide bonds. The van der Waals surface area contributed by atoms with Gasteiger partial charge < -0.3 is 14.8 Å². The van der Waals surface area contributed by atoms with Crippen LogP contribution >= 0.6 is 34.9 Å². The van der Waals surface area contributed by atoms with Crippen molar-refractivity contribution in [2.45, 2.75) is 23.4 Å². The monoisotopic (exact) mass is 497 g/mol. The summed E-state index contributed by atoms with van der Waals surface area (Å²) in [4.78, 5) is 42.9. The Hall–Kier alpha value is -2.35. The molecule has 13 heteroatoms. The Bertz CT molecular complexity index is 1140. The molecule has 0 saturated carbocycles. The molecule has 4 rings (SSSR count). The van der Waals surface area contributed by atoms with Gasteiger partial charge in [0.25, 0.3) is 11.8 Å². The van der Waals surface area contributed by atoms with Crippen molar-refractivity contribution >= 4 is 68.8 Å². The average Bonchev–Trinajstić information content (AvgIpc) is 3.42. The number of oxazole rings is 1. The number of carbonyl (C=O) groups excluding carboxylic acids is 2. The van der Waals surface area contributed by atoms with E-state index in [2.05, 4.69) is 10.3 Å². The van der Waals surface area contributed by atoms with E-state index in [-0.39, 0.29) is 21.8 Å². The first kappa shape index (κ1) is 21.9. The van der Waals surface area contributed by atoms with Crippen LogP contribution in [0.5, 0.6) is 0 Å². The third kappa shape index (κ3) is 4.10. The highest BCUT2D eigenvalue weighted by Gasteiger charge is 2.54. The van der Waals surface area contributed by atoms with Crippen molar-refractivity contribution in [3.05, 3.63) is 45.7 Å². The number of carboxylic acid groups (broad SMARTS) is 1. The lowest BCUT2D eigenvalue weighted by Gasteiger charge is -2.49. The number of carboxylic acids is 1. The van der Waals surface area contributed by atoms with Crippen molar-refractivity contribution in [3.8, 4) is 0 Å². The molecule has 2 aliphatic rings. The number of aryl methyl sites for hydroxylation is 1. The Morgan fingerprint density at radius 2 is 2.26 bits per heavy atom. The minimum absolute atomic E-state index is 0.0180. The smallest absolute Gasteiger partial charge is 0.352 e. The molecule has 9 nitrogen and oxygen atoms in total. The fourth-order valence-electron chi connectivity index (χ4n) is 3.18. The first-order chi connectivity index (χ1) is 14.9. The predicted octanol–water partition coefficient (Wildman–Crippen LogP) is 1.31. The van der Waals surface area contributed by atoms with Crippen molar-refractivity contribution in [2.24, 2.45) is 0 Å². The van der Waals surface area contributed by atoms with Crippen LogP contribution in [0.4, 0.5) is 0 Å². The van der Waals surface area contributed by atoms with Gasteiger partial charge in [0.1, 0.15) is 33.2 Å². The predicted molar refractivity (Wildman–Crippen MR) is 118 cm³/mol. The zero-order valence-corrected chi connectivity index (χ0v) is 19.2. The number of hydrogen-bond acceptors (Lipinski definition) is 9. The molecule has 4 heterocycles. The van der Waals surface area contributed by atoms with Crippen LogP contribution in [0.15, 0.2) is 44.7 Å². The molecule has 0 radical (unpaired) electrons. The summed E-state index contributed by atoms with van der Waals surface area (Å²) >= 11 is 4.01. The van der Waals surface area contributed by atoms with E-state index >= 15 is 0 Å². The van der Waals surface area contributed by atoms with E-state index in [0.29, 0.717) is 32.7 Å². The van der Waals surface area contributed by atoms with Crippen LogP contribution in [-0.2, 0) is 25.6 Å². The van der Waals surface area contributed by atoms with E-state index in [9.17, 15) is 23.7 Å². The molecule has 2 aromatic heterocycles. The number of amides is 2. The van der Waals surface area contributed by atoms with Gasteiger partial charge in [-0.05, 0) is 23.9 Å². The second-order valence-corrected chi connectivity index (χ2v) is 10.1. The summed E-state index contributed by atoms with van der Waals surface area (Å²) in [7, 11) is 0. The Morgan fingerprint density at radius 1 is 1.45 bits per heavy atom. The summed E-state index contributed by atoms with van der Waals surface area (Å²) in [6, 6.07) is 2.49. The Kier molecular flexibility index (Phi) is 6.36. The average molecular weight is 498 g/mol. The first-order valence-electron chi connectivity index (χ1n) is 8.86. The standard InChI is InChI=1S/C18H15N3O6S4/c1-8-18(27-7-19-8)30-6-9-5-29-16-11(15(23)21(16)12(9)17(24)25)20-14(22)13(31-26)10-3-2-4-28-10/h2-4,7,11,16H,5-6H2,1H3,(H,20,22)(H,24,25)/t11?,16-/m1/s1. The van der Waals surface area contributed by atoms with Crippen LogP contribution < -0.4 is 5.32 Å². The first-order valence-corrected chi connectivity index (χ1v) is 12.5. The van der Waals surface area contributed by atoms with Crippen LogP contribution in [0.2, 0.25) is 0 Å². The van der Waals surface area contributed by atoms with Crippen molar-refractivity contribution in [2.75, 3.05) is 11.5 Å². The number of thiophene rings is 1. The molecule has 162 valence electrons. The van der Waals surface area contributed by atoms with E-state index in [1.165, 1.54) is 46.2 Å². The van der Waals surface area contributed by atoms with Crippen LogP contribution in [0.3, 0.4) is 0 Å². The van der Waals surface area contributed by atoms with Gasteiger partial charge >= 0.3 is 5.97 Å². The highest BCUT2D eigenvalue weighted by Crippen LogP contribution is 2.41. The fourth-order valence-corrected chi connectivity index (χ4v) is 6.77. The molecule has 0 spiro atoms. The number of thioether (sulfide) groups is 2. The molecule has 0 aliphatic carbocycles. The minimum atomic E-state index is -1.20. The van der Waals surface area contributed by atoms with Crippen molar-refractivity contribution in [1.82, 2.24) is 15.2 Å². The van der Waals surface area contributed by atoms with Gasteiger partial charge in [-0.1, -0.05) is 17.8 Å². The molecule has 2 N–H and O–H groups in total. The molecule has 0 aromatic carbocycles. The fraction of sp³-hybridized carbons (Fsp3) is 0.278. The second-order valence-electron chi connectivity index (χ2n) is 6.52. The van der Waals surface area contributed by atoms with Gasteiger partial charge in [-0.15, -0.1) is 23.1 Å². The third-order valence-corrected chi connectivity index (χ3v) is 8.72. The third-order valence-electron chi connectivity index (χ3n) is 4.65. The SMILES string of the molecule is Cc1ncoc1SCC1=C(C(=O)O)N2C(=O)C(NC(=O)C(=S=O)c3cccs3)[C@H]2SC1. The van der Waals surface area contributed by atoms with Crippen LogP contribution in [-0.4, -0.2) is 64.8 Å². The van der Waals surface area contributed by atoms with E-state index in [0.717, 1.165) is 0 Å². The van der Waals surface area contributed by atoms with Crippen molar-refractivity contribution < 1.29 is 28.1 Å². The van der Waals surface area contributed by atoms with Crippen molar-refractivity contribution in [3.63, 3.8) is 0 Å². The number of nitrogens with one attached hydrogen (secondary N) is 1. The maximum Gasteiger partial charge on any atom is 0.352 e. The molecule has 2 aromatic rings. The number of aliphatic carboxylic acids is 1. The molecule has 1 saturated heterocycles. The normalized spacial score (nSPS) is 20.2. The van der Waals surface area contributed by atoms with Crippen molar-refractivity contribution in [1.29, 1.82) is 0 Å². The highest BCUT2D eigenvalue weighted by atomic mass is 32.2. The summed E-state index contributed by atoms with van der Waals surface area (Å²) in [5.41, 5.74) is 1.24. The second kappa shape index (κ2) is 9.02. The maximum atomic E-state index is 12.7. The number of β-lactam (4-membered cyclic amide) rings is 1. The number of fused-ring (bicyclic) bond motifs is 1. The van der Waals surface area contributed by atoms with Gasteiger partial charge in [0.2, 0.25) is 0 Å². The lowest BCUT2D eigenvalue weighted by Crippen LogP contribution is -2.71. The van der Waals surface area contributed by atoms with Crippen LogP contribution in [0.25, 0.3) is 0 Å². The molecular weight excluding hydrogens is 482 g/mol. The summed E-state index contributed by atoms with van der Waals surface area (Å²) in [6.07, 6.45) is 1.32. The van der Waals surface area contributed by atoms with E-state index < -0.39 is 29.2 Å². The number of carbonyl (C=O) groups is 3. The van der Waals surface area contributed by atoms with E-state index in [1.54, 1.807) is 24.4 Å². The van der Waals surface area contributed by atoms with E-state index in [1.807, 2.05) is 0 Å². The van der Waals surface area contributed by atoms with E-state index in [4.69, 9.17) is 4.42 Å². The van der Waals surface area contributed by atoms with Gasteiger partial charge in [0.05, 0.1) is 10.6 Å². The molecule has 1 unspecified atom stereocenters. The van der Waals surface area contributed by atoms with Gasteiger partial charge in [0, 0.05) is 11.5 Å². The number of rotatable bonds is 7. The number of nitrogens with zero attached hydrogens (tertiary/aromatic N) is 2. The lowest BCUT2D eigenvalue weighted by molar-refractivity contribution is -0.150. The number of aromatic nitrogens is 1. The molecular formula is C18H15N3O6S4. The van der Waals surface area contributed by atoms with Gasteiger partial charge in [0.15, 0.2) is 11.5 Å². The van der Waals surface area contributed by atoms with Gasteiger partial charge in [-0.25, -0.2) is 14.0 Å². The Balaban J connectivity index is 1.49. The van der Waals surface area contributed by atoms with Crippen LogP contribution in [0, 0.1) is 6.92 Å². The van der Waals surface area contributed by atoms with Gasteiger partial charge in [-0.3, -0.25) is 14.5 Å². The number of hydrogen-bond donors (Lipinski definition) is 2. The zero-order chi connectivity index (χ0) is 22.1. The molecule has 0 bridgehead atoms. The quantitative estimate of drug-likeness (QED) is 0.252. The highest BCUT2D eigenvalue weighted by molar-refractivity contribution is 8.01. The summed E-state index contributed by atoms with van der Waals surface area (Å²) < 4.78 is 16.7. The van der Waals surface area contributed by atoms with Crippen LogP contribution in [0.1, 0.15) is 10.6 Å². The maximum absolute atomic E-state index is 12.7. The molecule has 2 aliphatic heterocycles. The molecule has 1 fully saturated rings. The topological polar surface area (TPSA) is 130 Å². The Morgan fingerprint density at radius 3 is 2.87 bits per heavy atom. The summed E-state index contributed by atoms with van der Waals surface area (Å²) in [6.45, 7) is 1.79. The molecule has 31 heavy (non-hydrogen) atoms. The lowest BCUT2D eigenvalue weighted by atomic mass is 10.0. The van der Waals surface area contributed by atoms with Gasteiger partial charge in [-0.2, -0.15) is 0 Å². The zero-order valence-electron chi connectivity index (χ0n) is 15.9. The summed E-state index contributed by atoms with van der Waals surface area (Å²) in [5.74, 6) is -1.62. The summed E-state index contributed by atoms with van der Waals surface area (Å²) in [5, 5.41) is 14.1.